The molecule has 0 aliphatic carbocycles. The molecule has 0 fully saturated rings. The molecule has 0 spiro atoms. The van der Waals surface area contributed by atoms with Crippen LogP contribution in [0.15, 0.2) is 24.3 Å². The number of nitrogens with one attached hydrogen (secondary N) is 1. The van der Waals surface area contributed by atoms with Gasteiger partial charge in [0.15, 0.2) is 0 Å². The van der Waals surface area contributed by atoms with Crippen molar-refractivity contribution in [2.24, 2.45) is 0 Å². The van der Waals surface area contributed by atoms with E-state index < -0.39 is 0 Å². The summed E-state index contributed by atoms with van der Waals surface area (Å²) in [4.78, 5) is 4.72. The third-order valence-corrected chi connectivity index (χ3v) is 1.58. The van der Waals surface area contributed by atoms with E-state index in [0.717, 1.165) is 11.3 Å². The van der Waals surface area contributed by atoms with Gasteiger partial charge in [-0.25, -0.2) is 0 Å². The summed E-state index contributed by atoms with van der Waals surface area (Å²) < 4.78 is 5.02. The fraction of sp³-hybridized carbons (Fsp3) is 0.333. The lowest BCUT2D eigenvalue weighted by molar-refractivity contribution is 0.0867. The molecule has 3 nitrogen and oxygen atoms in total. The van der Waals surface area contributed by atoms with Crippen LogP contribution in [-0.2, 0) is 11.4 Å². The highest BCUT2D eigenvalue weighted by molar-refractivity contribution is 5.26. The van der Waals surface area contributed by atoms with Crippen molar-refractivity contribution in [1.29, 1.82) is 0 Å². The summed E-state index contributed by atoms with van der Waals surface area (Å²) in [5, 5.41) is 0. The predicted octanol–water partition coefficient (Wildman–Crippen LogP) is 1.35. The van der Waals surface area contributed by atoms with Gasteiger partial charge in [0.05, 0.1) is 14.2 Å². The molecular weight excluding hydrogens is 154 g/mol. The van der Waals surface area contributed by atoms with E-state index in [9.17, 15) is 0 Å². The monoisotopic (exact) mass is 167 g/mol. The van der Waals surface area contributed by atoms with Gasteiger partial charge in [0, 0.05) is 6.54 Å². The molecule has 66 valence electrons. The predicted molar refractivity (Wildman–Crippen MR) is 46.8 cm³/mol. The number of benzene rings is 1. The van der Waals surface area contributed by atoms with Crippen LogP contribution in [-0.4, -0.2) is 14.2 Å². The highest BCUT2D eigenvalue weighted by Gasteiger charge is 1.92. The van der Waals surface area contributed by atoms with E-state index in [-0.39, 0.29) is 0 Å². The van der Waals surface area contributed by atoms with E-state index in [4.69, 9.17) is 9.57 Å². The Hall–Kier alpha value is -1.06. The van der Waals surface area contributed by atoms with E-state index in [1.807, 2.05) is 24.3 Å². The van der Waals surface area contributed by atoms with Gasteiger partial charge >= 0.3 is 0 Å². The number of hydrogen-bond donors (Lipinski definition) is 1. The molecule has 0 saturated carbocycles. The Balaban J connectivity index is 2.53. The fourth-order valence-electron chi connectivity index (χ4n) is 0.899. The van der Waals surface area contributed by atoms with Crippen LogP contribution in [0.3, 0.4) is 0 Å². The number of rotatable bonds is 4. The molecule has 1 rings (SSSR count). The number of ether oxygens (including phenoxy) is 1. The molecule has 0 radical (unpaired) electrons. The minimum Gasteiger partial charge on any atom is -0.497 e. The summed E-state index contributed by atoms with van der Waals surface area (Å²) in [7, 11) is 3.26. The second-order valence-electron chi connectivity index (χ2n) is 2.37. The van der Waals surface area contributed by atoms with Gasteiger partial charge in [0.1, 0.15) is 5.75 Å². The maximum Gasteiger partial charge on any atom is 0.118 e. The van der Waals surface area contributed by atoms with Crippen LogP contribution < -0.4 is 10.2 Å². The first-order chi connectivity index (χ1) is 5.86. The lowest BCUT2D eigenvalue weighted by atomic mass is 10.2. The van der Waals surface area contributed by atoms with Crippen LogP contribution in [0.2, 0.25) is 0 Å². The number of hydroxylamine groups is 1. The van der Waals surface area contributed by atoms with Crippen LogP contribution >= 0.6 is 0 Å². The summed E-state index contributed by atoms with van der Waals surface area (Å²) in [5.74, 6) is 0.871. The Bertz CT molecular complexity index is 220. The highest BCUT2D eigenvalue weighted by atomic mass is 16.6. The minimum atomic E-state index is 0.709. The summed E-state index contributed by atoms with van der Waals surface area (Å²) in [6.07, 6.45) is 0. The van der Waals surface area contributed by atoms with Crippen LogP contribution in [0, 0.1) is 0 Å². The van der Waals surface area contributed by atoms with Crippen LogP contribution in [0.25, 0.3) is 0 Å². The van der Waals surface area contributed by atoms with Crippen molar-refractivity contribution in [1.82, 2.24) is 5.48 Å². The van der Waals surface area contributed by atoms with Crippen LogP contribution in [0.5, 0.6) is 5.75 Å². The summed E-state index contributed by atoms with van der Waals surface area (Å²) in [6.45, 7) is 0.709. The molecule has 0 unspecified atom stereocenters. The van der Waals surface area contributed by atoms with Gasteiger partial charge in [-0.15, -0.1) is 0 Å². The van der Waals surface area contributed by atoms with Crippen molar-refractivity contribution in [3.8, 4) is 5.75 Å². The topological polar surface area (TPSA) is 30.5 Å². The van der Waals surface area contributed by atoms with Gasteiger partial charge in [-0.2, -0.15) is 5.48 Å². The minimum absolute atomic E-state index is 0.709. The molecule has 1 aromatic carbocycles. The van der Waals surface area contributed by atoms with E-state index in [2.05, 4.69) is 5.48 Å². The molecule has 0 aliphatic heterocycles. The zero-order valence-electron chi connectivity index (χ0n) is 7.33. The fourth-order valence-corrected chi connectivity index (χ4v) is 0.899. The molecule has 0 amide bonds. The van der Waals surface area contributed by atoms with Gasteiger partial charge in [-0.3, -0.25) is 0 Å². The molecule has 0 aliphatic rings. The Morgan fingerprint density at radius 2 is 1.83 bits per heavy atom. The van der Waals surface area contributed by atoms with E-state index in [1.54, 1.807) is 14.2 Å². The Morgan fingerprint density at radius 1 is 1.17 bits per heavy atom. The number of hydrogen-bond acceptors (Lipinski definition) is 3. The smallest absolute Gasteiger partial charge is 0.118 e. The molecule has 3 heteroatoms. The van der Waals surface area contributed by atoms with Gasteiger partial charge < -0.3 is 9.57 Å². The molecular formula is C9H13NO2. The first kappa shape index (κ1) is 9.03. The molecule has 0 bridgehead atoms. The van der Waals surface area contributed by atoms with E-state index >= 15 is 0 Å². The Kier molecular flexibility index (Phi) is 3.57. The van der Waals surface area contributed by atoms with Crippen molar-refractivity contribution in [2.45, 2.75) is 6.54 Å². The molecule has 0 heterocycles. The summed E-state index contributed by atoms with van der Waals surface area (Å²) in [6, 6.07) is 7.83. The molecule has 0 aromatic heterocycles. The average molecular weight is 167 g/mol. The second-order valence-corrected chi connectivity index (χ2v) is 2.37. The Morgan fingerprint density at radius 3 is 2.33 bits per heavy atom. The zero-order chi connectivity index (χ0) is 8.81. The van der Waals surface area contributed by atoms with E-state index in [0.29, 0.717) is 6.54 Å². The van der Waals surface area contributed by atoms with Gasteiger partial charge in [-0.05, 0) is 17.7 Å². The number of methoxy groups -OCH3 is 1. The molecule has 0 saturated heterocycles. The van der Waals surface area contributed by atoms with Gasteiger partial charge in [0.25, 0.3) is 0 Å². The van der Waals surface area contributed by atoms with Crippen molar-refractivity contribution < 1.29 is 9.57 Å². The quantitative estimate of drug-likeness (QED) is 0.686. The van der Waals surface area contributed by atoms with Crippen molar-refractivity contribution in [3.05, 3.63) is 29.8 Å². The standard InChI is InChI=1S/C9H13NO2/c1-11-9-5-3-8(4-6-9)7-10-12-2/h3-6,10H,7H2,1-2H3. The largest absolute Gasteiger partial charge is 0.497 e. The van der Waals surface area contributed by atoms with Crippen molar-refractivity contribution in [2.75, 3.05) is 14.2 Å². The second kappa shape index (κ2) is 4.74. The lowest BCUT2D eigenvalue weighted by Gasteiger charge is -2.03. The van der Waals surface area contributed by atoms with Gasteiger partial charge in [0.2, 0.25) is 0 Å². The maximum atomic E-state index is 5.02. The average Bonchev–Trinajstić information content (AvgIpc) is 2.15. The maximum absolute atomic E-state index is 5.02. The summed E-state index contributed by atoms with van der Waals surface area (Å²) >= 11 is 0. The first-order valence-electron chi connectivity index (χ1n) is 3.75. The van der Waals surface area contributed by atoms with E-state index in [1.165, 1.54) is 0 Å². The Labute approximate surface area is 72.3 Å². The van der Waals surface area contributed by atoms with Crippen LogP contribution in [0.4, 0.5) is 0 Å². The molecule has 12 heavy (non-hydrogen) atoms. The van der Waals surface area contributed by atoms with Crippen molar-refractivity contribution in [3.63, 3.8) is 0 Å². The summed E-state index contributed by atoms with van der Waals surface area (Å²) in [5.41, 5.74) is 3.93. The molecule has 1 N–H and O–H groups in total. The lowest BCUT2D eigenvalue weighted by Crippen LogP contribution is -2.10. The third kappa shape index (κ3) is 2.53. The third-order valence-electron chi connectivity index (χ3n) is 1.58. The normalized spacial score (nSPS) is 9.83. The molecule has 1 aromatic rings. The van der Waals surface area contributed by atoms with Crippen molar-refractivity contribution >= 4 is 0 Å². The first-order valence-corrected chi connectivity index (χ1v) is 3.75. The van der Waals surface area contributed by atoms with Gasteiger partial charge in [-0.1, -0.05) is 12.1 Å². The SMILES string of the molecule is CONCc1ccc(OC)cc1. The molecule has 0 atom stereocenters. The zero-order valence-corrected chi connectivity index (χ0v) is 7.33. The van der Waals surface area contributed by atoms with Crippen LogP contribution in [0.1, 0.15) is 5.56 Å². The highest BCUT2D eigenvalue weighted by Crippen LogP contribution is 2.10.